The Kier molecular flexibility index (Phi) is 3.86. The number of benzene rings is 2. The number of rotatable bonds is 5. The van der Waals surface area contributed by atoms with E-state index in [-0.39, 0.29) is 12.1 Å². The third-order valence-electron chi connectivity index (χ3n) is 4.30. The molecule has 0 saturated carbocycles. The average molecular weight is 322 g/mol. The minimum Gasteiger partial charge on any atom is -0.492 e. The summed E-state index contributed by atoms with van der Waals surface area (Å²) in [6, 6.07) is 17.4. The molecule has 0 aliphatic carbocycles. The fraction of sp³-hybridized carbons (Fsp3) is 0.278. The molecule has 3 aromatic rings. The fourth-order valence-electron chi connectivity index (χ4n) is 3.13. The Balaban J connectivity index is 1.49. The van der Waals surface area contributed by atoms with Gasteiger partial charge in [0.2, 0.25) is 5.91 Å². The van der Waals surface area contributed by atoms with Gasteiger partial charge in [0.15, 0.2) is 0 Å². The molecule has 0 bridgehead atoms. The van der Waals surface area contributed by atoms with Gasteiger partial charge in [-0.3, -0.25) is 4.79 Å². The average Bonchev–Trinajstić information content (AvgIpc) is 3.20. The maximum Gasteiger partial charge on any atom is 0.224 e. The van der Waals surface area contributed by atoms with E-state index in [0.717, 1.165) is 23.2 Å². The molecule has 122 valence electrons. The van der Waals surface area contributed by atoms with Crippen LogP contribution in [0.3, 0.4) is 0 Å². The number of amides is 1. The number of hydrogen-bond donors (Lipinski definition) is 0. The summed E-state index contributed by atoms with van der Waals surface area (Å²) in [7, 11) is 0. The van der Waals surface area contributed by atoms with Crippen molar-refractivity contribution in [2.75, 3.05) is 13.2 Å². The van der Waals surface area contributed by atoms with Gasteiger partial charge in [0.25, 0.3) is 0 Å². The molecular formula is C18H18N4O2. The number of nitrogens with zero attached hydrogens (tertiary/aromatic N) is 4. The van der Waals surface area contributed by atoms with Gasteiger partial charge in [-0.15, -0.1) is 5.10 Å². The van der Waals surface area contributed by atoms with E-state index < -0.39 is 0 Å². The van der Waals surface area contributed by atoms with Crippen molar-refractivity contribution in [1.29, 1.82) is 0 Å². The maximum absolute atomic E-state index is 12.3. The summed E-state index contributed by atoms with van der Waals surface area (Å²) in [4.78, 5) is 14.1. The van der Waals surface area contributed by atoms with Gasteiger partial charge < -0.3 is 9.64 Å². The molecule has 0 radical (unpaired) electrons. The SMILES string of the molecule is O=C1CCC(n2nnc3ccccc32)N1CCOc1ccccc1. The van der Waals surface area contributed by atoms with Crippen LogP contribution in [0.15, 0.2) is 54.6 Å². The quantitative estimate of drug-likeness (QED) is 0.724. The van der Waals surface area contributed by atoms with Crippen molar-refractivity contribution in [3.05, 3.63) is 54.6 Å². The standard InChI is InChI=1S/C18H18N4O2/c23-18-11-10-17(22-16-9-5-4-8-15(16)19-20-22)21(18)12-13-24-14-6-2-1-3-7-14/h1-9,17H,10-13H2. The van der Waals surface area contributed by atoms with Crippen molar-refractivity contribution in [2.24, 2.45) is 0 Å². The Hall–Kier alpha value is -2.89. The minimum atomic E-state index is -0.0933. The first-order chi connectivity index (χ1) is 11.8. The molecular weight excluding hydrogens is 304 g/mol. The first-order valence-electron chi connectivity index (χ1n) is 8.10. The zero-order valence-electron chi connectivity index (χ0n) is 13.2. The lowest BCUT2D eigenvalue weighted by Crippen LogP contribution is -2.35. The van der Waals surface area contributed by atoms with Crippen LogP contribution in [-0.4, -0.2) is 39.0 Å². The molecule has 0 N–H and O–H groups in total. The monoisotopic (exact) mass is 322 g/mol. The van der Waals surface area contributed by atoms with Crippen LogP contribution in [0.25, 0.3) is 11.0 Å². The number of para-hydroxylation sites is 2. The van der Waals surface area contributed by atoms with Crippen molar-refractivity contribution < 1.29 is 9.53 Å². The van der Waals surface area contributed by atoms with Crippen LogP contribution in [0, 0.1) is 0 Å². The number of fused-ring (bicyclic) bond motifs is 1. The Bertz CT molecular complexity index is 846. The van der Waals surface area contributed by atoms with E-state index >= 15 is 0 Å². The number of carbonyl (C=O) groups is 1. The van der Waals surface area contributed by atoms with E-state index in [0.29, 0.717) is 19.6 Å². The molecule has 24 heavy (non-hydrogen) atoms. The molecule has 4 rings (SSSR count). The van der Waals surface area contributed by atoms with Crippen LogP contribution in [0.5, 0.6) is 5.75 Å². The molecule has 1 aliphatic rings. The summed E-state index contributed by atoms with van der Waals surface area (Å²) in [5, 5.41) is 8.45. The maximum atomic E-state index is 12.3. The molecule has 1 saturated heterocycles. The second kappa shape index (κ2) is 6.31. The molecule has 0 spiro atoms. The van der Waals surface area contributed by atoms with Gasteiger partial charge in [0.05, 0.1) is 12.1 Å². The smallest absolute Gasteiger partial charge is 0.224 e. The van der Waals surface area contributed by atoms with Crippen molar-refractivity contribution in [3.63, 3.8) is 0 Å². The second-order valence-electron chi connectivity index (χ2n) is 5.79. The zero-order chi connectivity index (χ0) is 16.4. The normalized spacial score (nSPS) is 17.6. The summed E-state index contributed by atoms with van der Waals surface area (Å²) >= 11 is 0. The molecule has 1 amide bonds. The van der Waals surface area contributed by atoms with Crippen LogP contribution in [-0.2, 0) is 4.79 Å². The van der Waals surface area contributed by atoms with Gasteiger partial charge >= 0.3 is 0 Å². The van der Waals surface area contributed by atoms with Gasteiger partial charge in [0, 0.05) is 6.42 Å². The Labute approximate surface area is 139 Å². The lowest BCUT2D eigenvalue weighted by atomic mass is 10.3. The highest BCUT2D eigenvalue weighted by atomic mass is 16.5. The zero-order valence-corrected chi connectivity index (χ0v) is 13.2. The van der Waals surface area contributed by atoms with Gasteiger partial charge in [-0.2, -0.15) is 0 Å². The van der Waals surface area contributed by atoms with Crippen LogP contribution in [0.4, 0.5) is 0 Å². The molecule has 1 unspecified atom stereocenters. The van der Waals surface area contributed by atoms with Crippen molar-refractivity contribution >= 4 is 16.9 Å². The number of carbonyl (C=O) groups excluding carboxylic acids is 1. The van der Waals surface area contributed by atoms with E-state index in [2.05, 4.69) is 10.3 Å². The minimum absolute atomic E-state index is 0.0933. The Morgan fingerprint density at radius 1 is 1.08 bits per heavy atom. The van der Waals surface area contributed by atoms with Crippen LogP contribution < -0.4 is 4.74 Å². The predicted molar refractivity (Wildman–Crippen MR) is 89.4 cm³/mol. The summed E-state index contributed by atoms with van der Waals surface area (Å²) in [5.74, 6) is 0.947. The predicted octanol–water partition coefficient (Wildman–Crippen LogP) is 2.63. The van der Waals surface area contributed by atoms with Crippen LogP contribution in [0.2, 0.25) is 0 Å². The highest BCUT2D eigenvalue weighted by Gasteiger charge is 2.33. The molecule has 6 nitrogen and oxygen atoms in total. The van der Waals surface area contributed by atoms with E-state index in [1.807, 2.05) is 64.2 Å². The molecule has 1 aliphatic heterocycles. The summed E-state index contributed by atoms with van der Waals surface area (Å²) < 4.78 is 7.58. The van der Waals surface area contributed by atoms with Gasteiger partial charge in [-0.25, -0.2) is 4.68 Å². The third-order valence-corrected chi connectivity index (χ3v) is 4.30. The molecule has 6 heteroatoms. The first kappa shape index (κ1) is 14.7. The van der Waals surface area contributed by atoms with Crippen molar-refractivity contribution in [2.45, 2.75) is 19.0 Å². The molecule has 1 fully saturated rings. The third kappa shape index (κ3) is 2.71. The lowest BCUT2D eigenvalue weighted by molar-refractivity contribution is -0.130. The Morgan fingerprint density at radius 3 is 2.75 bits per heavy atom. The molecule has 2 aromatic carbocycles. The van der Waals surface area contributed by atoms with E-state index in [4.69, 9.17) is 4.74 Å². The largest absolute Gasteiger partial charge is 0.492 e. The Morgan fingerprint density at radius 2 is 1.88 bits per heavy atom. The van der Waals surface area contributed by atoms with Gasteiger partial charge in [-0.05, 0) is 30.7 Å². The lowest BCUT2D eigenvalue weighted by Gasteiger charge is -2.25. The fourth-order valence-corrected chi connectivity index (χ4v) is 3.13. The molecule has 1 aromatic heterocycles. The van der Waals surface area contributed by atoms with E-state index in [9.17, 15) is 4.79 Å². The van der Waals surface area contributed by atoms with E-state index in [1.165, 1.54) is 0 Å². The van der Waals surface area contributed by atoms with Crippen LogP contribution in [0.1, 0.15) is 19.0 Å². The number of likely N-dealkylation sites (tertiary alicyclic amines) is 1. The molecule has 1 atom stereocenters. The highest BCUT2D eigenvalue weighted by Crippen LogP contribution is 2.29. The number of aromatic nitrogens is 3. The topological polar surface area (TPSA) is 60.2 Å². The summed E-state index contributed by atoms with van der Waals surface area (Å²) in [6.07, 6.45) is 1.19. The number of hydrogen-bond acceptors (Lipinski definition) is 4. The van der Waals surface area contributed by atoms with Crippen LogP contribution >= 0.6 is 0 Å². The molecule has 2 heterocycles. The first-order valence-corrected chi connectivity index (χ1v) is 8.10. The van der Waals surface area contributed by atoms with Crippen molar-refractivity contribution in [3.8, 4) is 5.75 Å². The highest BCUT2D eigenvalue weighted by molar-refractivity contribution is 5.79. The van der Waals surface area contributed by atoms with Gasteiger partial charge in [-0.1, -0.05) is 35.5 Å². The van der Waals surface area contributed by atoms with Gasteiger partial charge in [0.1, 0.15) is 24.0 Å². The van der Waals surface area contributed by atoms with E-state index in [1.54, 1.807) is 0 Å². The summed E-state index contributed by atoms with van der Waals surface area (Å²) in [5.41, 5.74) is 1.79. The number of ether oxygens (including phenoxy) is 1. The summed E-state index contributed by atoms with van der Waals surface area (Å²) in [6.45, 7) is 0.992. The van der Waals surface area contributed by atoms with Crippen molar-refractivity contribution in [1.82, 2.24) is 19.9 Å². The second-order valence-corrected chi connectivity index (χ2v) is 5.79.